The van der Waals surface area contributed by atoms with Gasteiger partial charge in [0.2, 0.25) is 5.82 Å². The van der Waals surface area contributed by atoms with Crippen molar-refractivity contribution in [2.75, 3.05) is 18.0 Å². The van der Waals surface area contributed by atoms with Gasteiger partial charge in [-0.3, -0.25) is 10.1 Å². The number of aromatic nitrogens is 2. The molecule has 3 aromatic rings. The lowest BCUT2D eigenvalue weighted by atomic mass is 10.1. The molecule has 1 aromatic heterocycles. The van der Waals surface area contributed by atoms with Crippen LogP contribution in [0.1, 0.15) is 18.4 Å². The summed E-state index contributed by atoms with van der Waals surface area (Å²) in [7, 11) is 0. The minimum absolute atomic E-state index is 0.0692. The molecular formula is C19H18N4O3. The van der Waals surface area contributed by atoms with Crippen LogP contribution in [0.15, 0.2) is 47.0 Å². The summed E-state index contributed by atoms with van der Waals surface area (Å²) in [5, 5.41) is 15.6. The molecule has 7 heteroatoms. The number of hydrogen-bond donors (Lipinski definition) is 0. The highest BCUT2D eigenvalue weighted by molar-refractivity contribution is 5.71. The van der Waals surface area contributed by atoms with Gasteiger partial charge in [-0.05, 0) is 38.0 Å². The second-order valence-electron chi connectivity index (χ2n) is 6.45. The van der Waals surface area contributed by atoms with Gasteiger partial charge in [-0.25, -0.2) is 0 Å². The van der Waals surface area contributed by atoms with E-state index in [0.29, 0.717) is 17.1 Å². The standard InChI is InChI=1S/C19H18N4O3/c1-13-5-4-6-14(11-13)18-20-19(26-21-18)15-7-8-16(17(12-15)23(24)25)22-9-2-3-10-22/h4-8,11-12H,2-3,9-10H2,1H3. The molecule has 0 radical (unpaired) electrons. The number of hydrogen-bond acceptors (Lipinski definition) is 6. The molecule has 1 fully saturated rings. The van der Waals surface area contributed by atoms with E-state index in [1.54, 1.807) is 12.1 Å². The predicted octanol–water partition coefficient (Wildman–Crippen LogP) is 4.22. The Morgan fingerprint density at radius 1 is 1.12 bits per heavy atom. The fourth-order valence-electron chi connectivity index (χ4n) is 3.27. The van der Waals surface area contributed by atoms with Crippen LogP contribution < -0.4 is 4.90 Å². The van der Waals surface area contributed by atoms with E-state index in [1.807, 2.05) is 36.1 Å². The average molecular weight is 350 g/mol. The first-order valence-corrected chi connectivity index (χ1v) is 8.56. The topological polar surface area (TPSA) is 85.3 Å². The first kappa shape index (κ1) is 16.3. The largest absolute Gasteiger partial charge is 0.366 e. The second kappa shape index (κ2) is 6.59. The Bertz CT molecular complexity index is 961. The normalized spacial score (nSPS) is 14.0. The zero-order valence-electron chi connectivity index (χ0n) is 14.4. The molecule has 1 saturated heterocycles. The molecule has 0 atom stereocenters. The van der Waals surface area contributed by atoms with Crippen molar-refractivity contribution >= 4 is 11.4 Å². The maximum Gasteiger partial charge on any atom is 0.293 e. The Labute approximate surface area is 150 Å². The summed E-state index contributed by atoms with van der Waals surface area (Å²) < 4.78 is 5.35. The van der Waals surface area contributed by atoms with Gasteiger partial charge in [-0.15, -0.1) is 0 Å². The Morgan fingerprint density at radius 3 is 2.65 bits per heavy atom. The molecule has 0 bridgehead atoms. The smallest absolute Gasteiger partial charge is 0.293 e. The number of benzene rings is 2. The van der Waals surface area contributed by atoms with Crippen LogP contribution in [0, 0.1) is 17.0 Å². The molecule has 4 rings (SSSR count). The third-order valence-electron chi connectivity index (χ3n) is 4.57. The molecule has 0 aliphatic carbocycles. The Hall–Kier alpha value is -3.22. The van der Waals surface area contributed by atoms with Gasteiger partial charge in [-0.1, -0.05) is 28.9 Å². The average Bonchev–Trinajstić information content (AvgIpc) is 3.33. The molecule has 0 saturated carbocycles. The number of nitro groups is 1. The molecule has 2 heterocycles. The van der Waals surface area contributed by atoms with Crippen LogP contribution in [-0.4, -0.2) is 28.2 Å². The maximum atomic E-state index is 11.5. The fourth-order valence-corrected chi connectivity index (χ4v) is 3.27. The van der Waals surface area contributed by atoms with E-state index in [2.05, 4.69) is 10.1 Å². The molecule has 0 spiro atoms. The lowest BCUT2D eigenvalue weighted by Crippen LogP contribution is -2.18. The highest BCUT2D eigenvalue weighted by Crippen LogP contribution is 2.34. The quantitative estimate of drug-likeness (QED) is 0.517. The maximum absolute atomic E-state index is 11.5. The zero-order chi connectivity index (χ0) is 18.1. The van der Waals surface area contributed by atoms with Crippen LogP contribution in [0.3, 0.4) is 0 Å². The van der Waals surface area contributed by atoms with Gasteiger partial charge in [0, 0.05) is 30.3 Å². The van der Waals surface area contributed by atoms with E-state index in [-0.39, 0.29) is 16.5 Å². The highest BCUT2D eigenvalue weighted by Gasteiger charge is 2.24. The summed E-state index contributed by atoms with van der Waals surface area (Å²) in [6, 6.07) is 12.9. The van der Waals surface area contributed by atoms with Crippen LogP contribution in [0.25, 0.3) is 22.8 Å². The van der Waals surface area contributed by atoms with E-state index in [4.69, 9.17) is 4.52 Å². The van der Waals surface area contributed by atoms with Gasteiger partial charge in [0.1, 0.15) is 5.69 Å². The van der Waals surface area contributed by atoms with Gasteiger partial charge in [-0.2, -0.15) is 4.98 Å². The summed E-state index contributed by atoms with van der Waals surface area (Å²) >= 11 is 0. The van der Waals surface area contributed by atoms with Crippen molar-refractivity contribution in [1.29, 1.82) is 0 Å². The van der Waals surface area contributed by atoms with Gasteiger partial charge < -0.3 is 9.42 Å². The monoisotopic (exact) mass is 350 g/mol. The molecule has 0 unspecified atom stereocenters. The SMILES string of the molecule is Cc1cccc(-c2noc(-c3ccc(N4CCCC4)c([N+](=O)[O-])c3)n2)c1. The Balaban J connectivity index is 1.70. The highest BCUT2D eigenvalue weighted by atomic mass is 16.6. The summed E-state index contributed by atoms with van der Waals surface area (Å²) in [6.07, 6.45) is 2.12. The van der Waals surface area contributed by atoms with Crippen molar-refractivity contribution in [1.82, 2.24) is 10.1 Å². The van der Waals surface area contributed by atoms with Crippen molar-refractivity contribution in [3.05, 3.63) is 58.1 Å². The lowest BCUT2D eigenvalue weighted by Gasteiger charge is -2.17. The summed E-state index contributed by atoms with van der Waals surface area (Å²) in [5.74, 6) is 0.743. The number of nitro benzene ring substituents is 1. The van der Waals surface area contributed by atoms with Crippen LogP contribution in [0.5, 0.6) is 0 Å². The Morgan fingerprint density at radius 2 is 1.92 bits per heavy atom. The second-order valence-corrected chi connectivity index (χ2v) is 6.45. The molecule has 0 amide bonds. The van der Waals surface area contributed by atoms with Gasteiger partial charge in [0.15, 0.2) is 0 Å². The third kappa shape index (κ3) is 3.03. The van der Waals surface area contributed by atoms with Crippen molar-refractivity contribution in [3.63, 3.8) is 0 Å². The van der Waals surface area contributed by atoms with Crippen molar-refractivity contribution in [2.24, 2.45) is 0 Å². The minimum Gasteiger partial charge on any atom is -0.366 e. The number of rotatable bonds is 4. The van der Waals surface area contributed by atoms with Gasteiger partial charge >= 0.3 is 0 Å². The van der Waals surface area contributed by atoms with E-state index in [0.717, 1.165) is 37.1 Å². The van der Waals surface area contributed by atoms with Crippen LogP contribution >= 0.6 is 0 Å². The fraction of sp³-hybridized carbons (Fsp3) is 0.263. The Kier molecular flexibility index (Phi) is 4.12. The van der Waals surface area contributed by atoms with Crippen molar-refractivity contribution in [2.45, 2.75) is 19.8 Å². The van der Waals surface area contributed by atoms with Gasteiger partial charge in [0.25, 0.3) is 11.6 Å². The number of anilines is 1. The van der Waals surface area contributed by atoms with Crippen molar-refractivity contribution < 1.29 is 9.45 Å². The summed E-state index contributed by atoms with van der Waals surface area (Å²) in [5.41, 5.74) is 3.21. The van der Waals surface area contributed by atoms with E-state index in [1.165, 1.54) is 6.07 Å². The third-order valence-corrected chi connectivity index (χ3v) is 4.57. The van der Waals surface area contributed by atoms with Gasteiger partial charge in [0.05, 0.1) is 4.92 Å². The lowest BCUT2D eigenvalue weighted by molar-refractivity contribution is -0.384. The van der Waals surface area contributed by atoms with Crippen LogP contribution in [0.2, 0.25) is 0 Å². The first-order chi connectivity index (χ1) is 12.6. The van der Waals surface area contributed by atoms with E-state index < -0.39 is 0 Å². The zero-order valence-corrected chi connectivity index (χ0v) is 14.4. The number of aryl methyl sites for hydroxylation is 1. The van der Waals surface area contributed by atoms with Crippen LogP contribution in [0.4, 0.5) is 11.4 Å². The van der Waals surface area contributed by atoms with Crippen LogP contribution in [-0.2, 0) is 0 Å². The molecule has 26 heavy (non-hydrogen) atoms. The number of nitrogens with zero attached hydrogens (tertiary/aromatic N) is 4. The molecular weight excluding hydrogens is 332 g/mol. The molecule has 1 aliphatic rings. The first-order valence-electron chi connectivity index (χ1n) is 8.56. The molecule has 2 aromatic carbocycles. The molecule has 0 N–H and O–H groups in total. The summed E-state index contributed by atoms with van der Waals surface area (Å²) in [4.78, 5) is 17.6. The minimum atomic E-state index is -0.352. The molecule has 132 valence electrons. The molecule has 7 nitrogen and oxygen atoms in total. The van der Waals surface area contributed by atoms with E-state index >= 15 is 0 Å². The van der Waals surface area contributed by atoms with Crippen molar-refractivity contribution in [3.8, 4) is 22.8 Å². The predicted molar refractivity (Wildman–Crippen MR) is 98.0 cm³/mol. The molecule has 1 aliphatic heterocycles. The summed E-state index contributed by atoms with van der Waals surface area (Å²) in [6.45, 7) is 3.68. The van der Waals surface area contributed by atoms with E-state index in [9.17, 15) is 10.1 Å².